The lowest BCUT2D eigenvalue weighted by molar-refractivity contribution is -0.141. The van der Waals surface area contributed by atoms with Gasteiger partial charge in [-0.2, -0.15) is 0 Å². The van der Waals surface area contributed by atoms with Gasteiger partial charge in [0.25, 0.3) is 10.0 Å². The molecule has 0 aliphatic carbocycles. The van der Waals surface area contributed by atoms with Crippen molar-refractivity contribution in [3.63, 3.8) is 0 Å². The summed E-state index contributed by atoms with van der Waals surface area (Å²) < 4.78 is 29.1. The fourth-order valence-corrected chi connectivity index (χ4v) is 7.66. The van der Waals surface area contributed by atoms with E-state index in [1.165, 1.54) is 4.31 Å². The third kappa shape index (κ3) is 6.37. The molecule has 2 amide bonds. The van der Waals surface area contributed by atoms with Crippen LogP contribution in [0.4, 0.5) is 5.69 Å². The Balaban J connectivity index is 1.39. The lowest BCUT2D eigenvalue weighted by Crippen LogP contribution is -2.50. The van der Waals surface area contributed by atoms with Gasteiger partial charge in [-0.1, -0.05) is 89.6 Å². The minimum Gasteiger partial charge on any atom is -0.354 e. The van der Waals surface area contributed by atoms with Crippen LogP contribution in [0.5, 0.6) is 0 Å². The number of sulfonamides is 1. The SMILES string of the molecule is CCCNC(=O)C(Cc1ccccc1)N(Cc1cccc(Br)c1)C(=O)CCCN1c2cccc3cccc(c23)S1(=O)=O. The highest BCUT2D eigenvalue weighted by atomic mass is 79.9. The molecule has 9 heteroatoms. The predicted octanol–water partition coefficient (Wildman–Crippen LogP) is 6.06. The van der Waals surface area contributed by atoms with Gasteiger partial charge in [0, 0.05) is 42.3 Å². The van der Waals surface area contributed by atoms with Gasteiger partial charge < -0.3 is 10.2 Å². The van der Waals surface area contributed by atoms with E-state index in [0.29, 0.717) is 30.0 Å². The molecule has 1 aliphatic heterocycles. The van der Waals surface area contributed by atoms with Crippen LogP contribution in [0.15, 0.2) is 100 Å². The average molecular weight is 649 g/mol. The number of amides is 2. The van der Waals surface area contributed by atoms with Crippen molar-refractivity contribution in [3.05, 3.63) is 107 Å². The lowest BCUT2D eigenvalue weighted by atomic mass is 10.0. The van der Waals surface area contributed by atoms with Gasteiger partial charge in [-0.05, 0) is 53.6 Å². The van der Waals surface area contributed by atoms with E-state index in [9.17, 15) is 18.0 Å². The Morgan fingerprint density at radius 1 is 0.929 bits per heavy atom. The summed E-state index contributed by atoms with van der Waals surface area (Å²) in [6.07, 6.45) is 1.56. The van der Waals surface area contributed by atoms with Gasteiger partial charge in [0.1, 0.15) is 6.04 Å². The standard InChI is InChI=1S/C33H34BrN3O4S/c1-2-19-35-33(39)29(22-24-10-4-3-5-11-24)36(23-25-12-6-15-27(34)21-25)31(38)18-9-20-37-28-16-7-13-26-14-8-17-30(32(26)28)42(37,40)41/h3-8,10-17,21,29H,2,9,18-20,22-23H2,1H3,(H,35,39). The summed E-state index contributed by atoms with van der Waals surface area (Å²) in [7, 11) is -3.71. The van der Waals surface area contributed by atoms with Crippen LogP contribution in [0, 0.1) is 0 Å². The van der Waals surface area contributed by atoms with Crippen LogP contribution in [0.3, 0.4) is 0 Å². The van der Waals surface area contributed by atoms with Crippen molar-refractivity contribution in [3.8, 4) is 0 Å². The van der Waals surface area contributed by atoms with E-state index in [-0.39, 0.29) is 31.3 Å². The molecule has 1 atom stereocenters. The van der Waals surface area contributed by atoms with Crippen LogP contribution in [0.25, 0.3) is 10.8 Å². The number of hydrogen-bond acceptors (Lipinski definition) is 4. The molecule has 0 aromatic heterocycles. The molecule has 1 aliphatic rings. The molecule has 0 spiro atoms. The molecule has 5 rings (SSSR count). The molecular formula is C33H34BrN3O4S. The van der Waals surface area contributed by atoms with Gasteiger partial charge in [0.2, 0.25) is 11.8 Å². The van der Waals surface area contributed by atoms with Crippen molar-refractivity contribution >= 4 is 54.2 Å². The summed E-state index contributed by atoms with van der Waals surface area (Å²) in [6, 6.07) is 27.5. The Morgan fingerprint density at radius 3 is 2.38 bits per heavy atom. The van der Waals surface area contributed by atoms with Gasteiger partial charge in [-0.3, -0.25) is 13.9 Å². The highest BCUT2D eigenvalue weighted by Crippen LogP contribution is 2.42. The molecule has 4 aromatic carbocycles. The topological polar surface area (TPSA) is 86.8 Å². The minimum atomic E-state index is -3.71. The maximum absolute atomic E-state index is 14.0. The molecule has 42 heavy (non-hydrogen) atoms. The Hall–Kier alpha value is -3.69. The first kappa shape index (κ1) is 29.8. The Labute approximate surface area is 255 Å². The smallest absolute Gasteiger partial charge is 0.265 e. The van der Waals surface area contributed by atoms with E-state index < -0.39 is 16.1 Å². The summed E-state index contributed by atoms with van der Waals surface area (Å²) in [4.78, 5) is 29.4. The van der Waals surface area contributed by atoms with E-state index in [4.69, 9.17) is 0 Å². The van der Waals surface area contributed by atoms with Crippen LogP contribution >= 0.6 is 15.9 Å². The molecule has 7 nitrogen and oxygen atoms in total. The monoisotopic (exact) mass is 647 g/mol. The minimum absolute atomic E-state index is 0.0959. The van der Waals surface area contributed by atoms with Crippen molar-refractivity contribution in [1.29, 1.82) is 0 Å². The summed E-state index contributed by atoms with van der Waals surface area (Å²) in [5.74, 6) is -0.400. The maximum atomic E-state index is 14.0. The molecule has 0 bridgehead atoms. The first-order chi connectivity index (χ1) is 20.3. The Kier molecular flexibility index (Phi) is 9.28. The first-order valence-corrected chi connectivity index (χ1v) is 16.4. The van der Waals surface area contributed by atoms with Crippen LogP contribution in [0.2, 0.25) is 0 Å². The van der Waals surface area contributed by atoms with Gasteiger partial charge in [0.15, 0.2) is 0 Å². The van der Waals surface area contributed by atoms with E-state index >= 15 is 0 Å². The number of carbonyl (C=O) groups excluding carboxylic acids is 2. The van der Waals surface area contributed by atoms with Crippen LogP contribution in [0.1, 0.15) is 37.3 Å². The molecule has 1 N–H and O–H groups in total. The quantitative estimate of drug-likeness (QED) is 0.203. The Morgan fingerprint density at radius 2 is 1.64 bits per heavy atom. The fourth-order valence-electron chi connectivity index (χ4n) is 5.47. The molecular weight excluding hydrogens is 614 g/mol. The lowest BCUT2D eigenvalue weighted by Gasteiger charge is -2.32. The maximum Gasteiger partial charge on any atom is 0.265 e. The van der Waals surface area contributed by atoms with E-state index in [0.717, 1.165) is 32.8 Å². The second kappa shape index (κ2) is 13.1. The number of anilines is 1. The molecule has 1 unspecified atom stereocenters. The fraction of sp³-hybridized carbons (Fsp3) is 0.273. The van der Waals surface area contributed by atoms with Crippen LogP contribution in [-0.2, 0) is 32.6 Å². The number of hydrogen-bond donors (Lipinski definition) is 1. The van der Waals surface area contributed by atoms with Crippen molar-refractivity contribution in [2.45, 2.75) is 50.1 Å². The number of rotatable bonds is 12. The zero-order chi connectivity index (χ0) is 29.7. The molecule has 0 saturated carbocycles. The molecule has 4 aromatic rings. The third-order valence-corrected chi connectivity index (χ3v) is 9.84. The van der Waals surface area contributed by atoms with Gasteiger partial charge >= 0.3 is 0 Å². The third-order valence-electron chi connectivity index (χ3n) is 7.50. The van der Waals surface area contributed by atoms with E-state index in [2.05, 4.69) is 21.2 Å². The van der Waals surface area contributed by atoms with Crippen molar-refractivity contribution < 1.29 is 18.0 Å². The second-order valence-corrected chi connectivity index (χ2v) is 13.2. The summed E-state index contributed by atoms with van der Waals surface area (Å²) in [5, 5.41) is 4.58. The largest absolute Gasteiger partial charge is 0.354 e. The van der Waals surface area contributed by atoms with Gasteiger partial charge in [0.05, 0.1) is 10.6 Å². The highest BCUT2D eigenvalue weighted by molar-refractivity contribution is 9.10. The van der Waals surface area contributed by atoms with Crippen LogP contribution in [-0.4, -0.2) is 44.3 Å². The van der Waals surface area contributed by atoms with Crippen molar-refractivity contribution in [2.24, 2.45) is 0 Å². The first-order valence-electron chi connectivity index (χ1n) is 14.2. The summed E-state index contributed by atoms with van der Waals surface area (Å²) >= 11 is 3.51. The highest BCUT2D eigenvalue weighted by Gasteiger charge is 2.36. The number of nitrogens with zero attached hydrogens (tertiary/aromatic N) is 2. The molecule has 1 heterocycles. The van der Waals surface area contributed by atoms with Crippen molar-refractivity contribution in [1.82, 2.24) is 10.2 Å². The molecule has 0 fully saturated rings. The normalized spacial score (nSPS) is 14.1. The van der Waals surface area contributed by atoms with E-state index in [1.807, 2.05) is 85.8 Å². The molecule has 218 valence electrons. The zero-order valence-electron chi connectivity index (χ0n) is 23.5. The van der Waals surface area contributed by atoms with Gasteiger partial charge in [-0.15, -0.1) is 0 Å². The average Bonchev–Trinajstić information content (AvgIpc) is 3.21. The summed E-state index contributed by atoms with van der Waals surface area (Å²) in [5.41, 5.74) is 2.49. The number of nitrogens with one attached hydrogen (secondary N) is 1. The number of carbonyl (C=O) groups is 2. The number of benzene rings is 4. The van der Waals surface area contributed by atoms with Gasteiger partial charge in [-0.25, -0.2) is 8.42 Å². The second-order valence-electron chi connectivity index (χ2n) is 10.5. The summed E-state index contributed by atoms with van der Waals surface area (Å²) in [6.45, 7) is 2.92. The van der Waals surface area contributed by atoms with Crippen LogP contribution < -0.4 is 9.62 Å². The zero-order valence-corrected chi connectivity index (χ0v) is 25.9. The Bertz CT molecular complexity index is 1690. The predicted molar refractivity (Wildman–Crippen MR) is 170 cm³/mol. The van der Waals surface area contributed by atoms with E-state index in [1.54, 1.807) is 17.0 Å². The van der Waals surface area contributed by atoms with Crippen molar-refractivity contribution in [2.75, 3.05) is 17.4 Å². The molecule has 0 saturated heterocycles. The number of halogens is 1. The molecule has 0 radical (unpaired) electrons.